The lowest BCUT2D eigenvalue weighted by Gasteiger charge is -2.17. The van der Waals surface area contributed by atoms with Crippen LogP contribution in [-0.4, -0.2) is 53.9 Å². The number of nitrogens with zero attached hydrogens (tertiary/aromatic N) is 2. The van der Waals surface area contributed by atoms with Crippen LogP contribution in [0.25, 0.3) is 17.2 Å². The smallest absolute Gasteiger partial charge is 0.357 e. The molecule has 41 heavy (non-hydrogen) atoms. The Morgan fingerprint density at radius 3 is 2.49 bits per heavy atom. The van der Waals surface area contributed by atoms with Crippen molar-refractivity contribution in [3.63, 3.8) is 0 Å². The first kappa shape index (κ1) is 29.0. The van der Waals surface area contributed by atoms with Crippen LogP contribution in [-0.2, 0) is 11.2 Å². The van der Waals surface area contributed by atoms with Crippen molar-refractivity contribution in [1.29, 1.82) is 0 Å². The van der Waals surface area contributed by atoms with Gasteiger partial charge in [-0.25, -0.2) is 9.78 Å². The fraction of sp³-hybridized carbons (Fsp3) is 0.258. The maximum absolute atomic E-state index is 13.7. The van der Waals surface area contributed by atoms with Gasteiger partial charge in [0, 0.05) is 35.2 Å². The first-order valence-corrected chi connectivity index (χ1v) is 13.2. The number of benzene rings is 2. The van der Waals surface area contributed by atoms with Gasteiger partial charge >= 0.3 is 5.97 Å². The number of ketones is 1. The fourth-order valence-corrected chi connectivity index (χ4v) is 4.33. The summed E-state index contributed by atoms with van der Waals surface area (Å²) in [5.74, 6) is -0.481. The number of esters is 1. The quantitative estimate of drug-likeness (QED) is 0.0748. The number of ether oxygens (including phenoxy) is 2. The average molecular weight is 557 g/mol. The third kappa shape index (κ3) is 6.78. The molecule has 1 saturated carbocycles. The third-order valence-corrected chi connectivity index (χ3v) is 6.75. The molecular weight excluding hydrogens is 524 g/mol. The van der Waals surface area contributed by atoms with Gasteiger partial charge in [0.15, 0.2) is 17.3 Å². The molecule has 4 rings (SSSR count). The number of Topliss-reactive ketones (excluding diaryl/α,β-unsaturated/α-hetero) is 1. The van der Waals surface area contributed by atoms with Gasteiger partial charge in [0.1, 0.15) is 11.4 Å². The molecule has 2 aromatic carbocycles. The number of rotatable bonds is 12. The Morgan fingerprint density at radius 1 is 1.15 bits per heavy atom. The van der Waals surface area contributed by atoms with Crippen molar-refractivity contribution in [2.75, 3.05) is 20.3 Å². The highest BCUT2D eigenvalue weighted by Crippen LogP contribution is 2.35. The summed E-state index contributed by atoms with van der Waals surface area (Å²) in [6, 6.07) is 13.1. The lowest BCUT2D eigenvalue weighted by Crippen LogP contribution is -2.27. The monoisotopic (exact) mass is 556 g/mol. The van der Waals surface area contributed by atoms with Crippen LogP contribution in [0, 0.1) is 5.92 Å². The van der Waals surface area contributed by atoms with Gasteiger partial charge in [-0.05, 0) is 61.1 Å². The van der Waals surface area contributed by atoms with E-state index in [1.807, 2.05) is 0 Å². The van der Waals surface area contributed by atoms with Gasteiger partial charge < -0.3 is 25.7 Å². The Balaban J connectivity index is 1.78. The number of methoxy groups -OCH3 is 1. The van der Waals surface area contributed by atoms with Crippen LogP contribution in [0.15, 0.2) is 60.3 Å². The van der Waals surface area contributed by atoms with Crippen LogP contribution in [0.2, 0.25) is 0 Å². The second-order valence-electron chi connectivity index (χ2n) is 9.59. The molecule has 1 aromatic heterocycles. The Bertz CT molecular complexity index is 1510. The van der Waals surface area contributed by atoms with Gasteiger partial charge in [-0.15, -0.1) is 0 Å². The molecule has 3 aromatic rings. The highest BCUT2D eigenvalue weighted by molar-refractivity contribution is 6.07. The van der Waals surface area contributed by atoms with E-state index in [2.05, 4.69) is 22.0 Å². The minimum absolute atomic E-state index is 0.0240. The summed E-state index contributed by atoms with van der Waals surface area (Å²) >= 11 is 0. The summed E-state index contributed by atoms with van der Waals surface area (Å²) in [4.78, 5) is 43.9. The molecule has 0 saturated heterocycles. The van der Waals surface area contributed by atoms with E-state index in [-0.39, 0.29) is 41.9 Å². The summed E-state index contributed by atoms with van der Waals surface area (Å²) in [5.41, 5.74) is 8.44. The third-order valence-electron chi connectivity index (χ3n) is 6.75. The number of nitrogens with two attached hydrogens (primary N) is 1. The van der Waals surface area contributed by atoms with Gasteiger partial charge in [-0.2, -0.15) is 0 Å². The van der Waals surface area contributed by atoms with Gasteiger partial charge in [0.05, 0.1) is 13.7 Å². The number of hydrogen-bond donors (Lipinski definition) is 3. The molecule has 1 aliphatic carbocycles. The van der Waals surface area contributed by atoms with E-state index in [0.717, 1.165) is 12.8 Å². The first-order valence-electron chi connectivity index (χ1n) is 13.2. The Kier molecular flexibility index (Phi) is 9.13. The van der Waals surface area contributed by atoms with E-state index in [0.29, 0.717) is 51.6 Å². The number of aromatic nitrogens is 1. The van der Waals surface area contributed by atoms with E-state index in [9.17, 15) is 14.4 Å². The topological polar surface area (TPSA) is 153 Å². The lowest BCUT2D eigenvalue weighted by molar-refractivity contribution is 0.0520. The number of hydrogen-bond acceptors (Lipinski definition) is 8. The van der Waals surface area contributed by atoms with Gasteiger partial charge in [0.2, 0.25) is 0 Å². The Hall–Kier alpha value is -4.99. The van der Waals surface area contributed by atoms with Crippen molar-refractivity contribution in [2.45, 2.75) is 26.2 Å². The SMILES string of the molecule is C=Cc1cc(C(=O)Cc2ccc(/C(N)=N/O)cc2)c(-c2ccc(C(=O)NCC3CC3)nc2C(=O)OCC)cc1OC. The molecule has 4 N–H and O–H groups in total. The normalized spacial score (nSPS) is 12.9. The van der Waals surface area contributed by atoms with E-state index >= 15 is 0 Å². The molecule has 0 bridgehead atoms. The highest BCUT2D eigenvalue weighted by atomic mass is 16.5. The molecule has 0 aliphatic heterocycles. The number of amides is 1. The second-order valence-corrected chi connectivity index (χ2v) is 9.59. The average Bonchev–Trinajstić information content (AvgIpc) is 3.83. The Labute approximate surface area is 237 Å². The molecular formula is C31H32N4O6. The van der Waals surface area contributed by atoms with Crippen LogP contribution >= 0.6 is 0 Å². The minimum atomic E-state index is -0.719. The number of nitrogens with one attached hydrogen (secondary N) is 1. The van der Waals surface area contributed by atoms with Gasteiger partial charge in [-0.3, -0.25) is 9.59 Å². The summed E-state index contributed by atoms with van der Waals surface area (Å²) in [5, 5.41) is 14.7. The standard InChI is InChI=1S/C31H32N4O6/c1-4-20-15-24(26(36)14-18-8-10-21(11-9-18)29(32)35-39)23(16-27(20)40-3)22-12-13-25(30(37)33-17-19-6-7-19)34-28(22)31(38)41-5-2/h4,8-13,15-16,19,39H,1,5-7,14,17H2,2-3H3,(H2,32,35)(H,33,37). The van der Waals surface area contributed by atoms with E-state index < -0.39 is 5.97 Å². The zero-order chi connectivity index (χ0) is 29.5. The van der Waals surface area contributed by atoms with Crippen LogP contribution in [0.3, 0.4) is 0 Å². The van der Waals surface area contributed by atoms with Crippen molar-refractivity contribution in [3.8, 4) is 16.9 Å². The minimum Gasteiger partial charge on any atom is -0.496 e. The zero-order valence-electron chi connectivity index (χ0n) is 23.0. The van der Waals surface area contributed by atoms with Crippen molar-refractivity contribution >= 4 is 29.6 Å². The molecule has 0 spiro atoms. The van der Waals surface area contributed by atoms with Crippen molar-refractivity contribution in [1.82, 2.24) is 10.3 Å². The van der Waals surface area contributed by atoms with E-state index in [1.165, 1.54) is 13.2 Å². The van der Waals surface area contributed by atoms with Gasteiger partial charge in [-0.1, -0.05) is 42.1 Å². The molecule has 0 unspecified atom stereocenters. The number of carbonyl (C=O) groups is 3. The second kappa shape index (κ2) is 12.9. The fourth-order valence-electron chi connectivity index (χ4n) is 4.33. The first-order chi connectivity index (χ1) is 19.8. The van der Waals surface area contributed by atoms with Crippen LogP contribution < -0.4 is 15.8 Å². The van der Waals surface area contributed by atoms with Crippen molar-refractivity contribution < 1.29 is 29.1 Å². The van der Waals surface area contributed by atoms with Gasteiger partial charge in [0.25, 0.3) is 5.91 Å². The summed E-state index contributed by atoms with van der Waals surface area (Å²) in [6.07, 6.45) is 3.75. The zero-order valence-corrected chi connectivity index (χ0v) is 23.0. The maximum atomic E-state index is 13.7. The largest absolute Gasteiger partial charge is 0.496 e. The highest BCUT2D eigenvalue weighted by Gasteiger charge is 2.26. The number of carbonyl (C=O) groups excluding carboxylic acids is 3. The molecule has 1 fully saturated rings. The molecule has 1 amide bonds. The lowest BCUT2D eigenvalue weighted by atomic mass is 9.90. The molecule has 1 heterocycles. The molecule has 1 aliphatic rings. The summed E-state index contributed by atoms with van der Waals surface area (Å²) < 4.78 is 10.8. The van der Waals surface area contributed by atoms with E-state index in [1.54, 1.807) is 55.5 Å². The molecule has 10 nitrogen and oxygen atoms in total. The molecule has 10 heteroatoms. The summed E-state index contributed by atoms with van der Waals surface area (Å²) in [7, 11) is 1.49. The van der Waals surface area contributed by atoms with E-state index in [4.69, 9.17) is 20.4 Å². The summed E-state index contributed by atoms with van der Waals surface area (Å²) in [6.45, 7) is 6.16. The van der Waals surface area contributed by atoms with Crippen LogP contribution in [0.4, 0.5) is 0 Å². The predicted octanol–water partition coefficient (Wildman–Crippen LogP) is 4.24. The van der Waals surface area contributed by atoms with Crippen LogP contribution in [0.1, 0.15) is 67.8 Å². The van der Waals surface area contributed by atoms with Crippen molar-refractivity contribution in [3.05, 3.63) is 88.8 Å². The maximum Gasteiger partial charge on any atom is 0.357 e. The molecule has 212 valence electrons. The Morgan fingerprint density at radius 2 is 1.88 bits per heavy atom. The number of pyridine rings is 1. The molecule has 0 radical (unpaired) electrons. The number of oxime groups is 1. The number of amidine groups is 1. The van der Waals surface area contributed by atoms with Crippen molar-refractivity contribution in [2.24, 2.45) is 16.8 Å². The molecule has 0 atom stereocenters. The predicted molar refractivity (Wildman–Crippen MR) is 154 cm³/mol. The van der Waals surface area contributed by atoms with Crippen LogP contribution in [0.5, 0.6) is 5.75 Å².